The molecule has 1 fully saturated rings. The lowest BCUT2D eigenvalue weighted by atomic mass is 9.94. The standard InChI is InChI=1S/C13H22N2S/c1-4-7-14-12(13(3)5-6-13)8-11-9-16-10(2)15-11/h9,12,14H,4-8H2,1-3H3. The molecule has 1 unspecified atom stereocenters. The molecule has 1 aromatic heterocycles. The van der Waals surface area contributed by atoms with Crippen molar-refractivity contribution in [1.82, 2.24) is 10.3 Å². The maximum absolute atomic E-state index is 4.58. The molecule has 2 nitrogen and oxygen atoms in total. The van der Waals surface area contributed by atoms with Crippen LogP contribution in [0.4, 0.5) is 0 Å². The molecule has 0 spiro atoms. The van der Waals surface area contributed by atoms with E-state index >= 15 is 0 Å². The molecule has 0 amide bonds. The minimum absolute atomic E-state index is 0.534. The molecule has 0 aliphatic heterocycles. The van der Waals surface area contributed by atoms with E-state index < -0.39 is 0 Å². The zero-order chi connectivity index (χ0) is 11.6. The molecule has 90 valence electrons. The maximum Gasteiger partial charge on any atom is 0.0897 e. The number of nitrogens with one attached hydrogen (secondary N) is 1. The molecule has 1 atom stereocenters. The van der Waals surface area contributed by atoms with Gasteiger partial charge in [0, 0.05) is 17.8 Å². The molecule has 0 bridgehead atoms. The first-order valence-electron chi connectivity index (χ1n) is 6.28. The molecular formula is C13H22N2S. The maximum atomic E-state index is 4.58. The van der Waals surface area contributed by atoms with Gasteiger partial charge >= 0.3 is 0 Å². The van der Waals surface area contributed by atoms with Crippen molar-refractivity contribution >= 4 is 11.3 Å². The molecule has 1 aromatic rings. The number of nitrogens with zero attached hydrogens (tertiary/aromatic N) is 1. The zero-order valence-electron chi connectivity index (χ0n) is 10.5. The SMILES string of the molecule is CCCNC(Cc1csc(C)n1)C1(C)CC1. The normalized spacial score (nSPS) is 19.7. The Morgan fingerprint density at radius 3 is 2.81 bits per heavy atom. The van der Waals surface area contributed by atoms with Gasteiger partial charge < -0.3 is 5.32 Å². The Kier molecular flexibility index (Phi) is 3.65. The van der Waals surface area contributed by atoms with Gasteiger partial charge in [0.25, 0.3) is 0 Å². The van der Waals surface area contributed by atoms with Gasteiger partial charge in [-0.25, -0.2) is 4.98 Å². The molecule has 1 aliphatic rings. The fourth-order valence-corrected chi connectivity index (χ4v) is 2.77. The number of aryl methyl sites for hydroxylation is 1. The molecule has 1 heterocycles. The second kappa shape index (κ2) is 4.84. The van der Waals surface area contributed by atoms with Crippen LogP contribution in [-0.2, 0) is 6.42 Å². The van der Waals surface area contributed by atoms with Crippen LogP contribution < -0.4 is 5.32 Å². The number of rotatable bonds is 6. The van der Waals surface area contributed by atoms with E-state index in [0.717, 1.165) is 13.0 Å². The van der Waals surface area contributed by atoms with Crippen LogP contribution in [0, 0.1) is 12.3 Å². The summed E-state index contributed by atoms with van der Waals surface area (Å²) < 4.78 is 0. The average Bonchev–Trinajstić information content (AvgIpc) is 2.86. The van der Waals surface area contributed by atoms with Crippen molar-refractivity contribution in [3.05, 3.63) is 16.1 Å². The van der Waals surface area contributed by atoms with Gasteiger partial charge in [-0.1, -0.05) is 13.8 Å². The van der Waals surface area contributed by atoms with E-state index in [9.17, 15) is 0 Å². The van der Waals surface area contributed by atoms with Crippen molar-refractivity contribution in [2.45, 2.75) is 52.5 Å². The minimum atomic E-state index is 0.534. The molecule has 3 heteroatoms. The molecule has 0 radical (unpaired) electrons. The van der Waals surface area contributed by atoms with Gasteiger partial charge in [-0.2, -0.15) is 0 Å². The van der Waals surface area contributed by atoms with Crippen LogP contribution in [0.5, 0.6) is 0 Å². The summed E-state index contributed by atoms with van der Waals surface area (Å²) in [4.78, 5) is 4.58. The van der Waals surface area contributed by atoms with Crippen LogP contribution in [0.25, 0.3) is 0 Å². The first-order chi connectivity index (χ1) is 7.64. The molecule has 2 rings (SSSR count). The fourth-order valence-electron chi connectivity index (χ4n) is 2.14. The van der Waals surface area contributed by atoms with Crippen LogP contribution in [0.15, 0.2) is 5.38 Å². The van der Waals surface area contributed by atoms with Gasteiger partial charge in [0.05, 0.1) is 10.7 Å². The second-order valence-corrected chi connectivity index (χ2v) is 6.28. The van der Waals surface area contributed by atoms with Crippen LogP contribution in [-0.4, -0.2) is 17.6 Å². The van der Waals surface area contributed by atoms with Gasteiger partial charge in [-0.15, -0.1) is 11.3 Å². The average molecular weight is 238 g/mol. The predicted octanol–water partition coefficient (Wildman–Crippen LogP) is 3.16. The van der Waals surface area contributed by atoms with Crippen LogP contribution in [0.1, 0.15) is 43.8 Å². The Morgan fingerprint density at radius 1 is 1.56 bits per heavy atom. The van der Waals surface area contributed by atoms with E-state index in [2.05, 4.69) is 36.5 Å². The Labute approximate surface area is 102 Å². The Balaban J connectivity index is 1.96. The fraction of sp³-hybridized carbons (Fsp3) is 0.769. The number of hydrogen-bond acceptors (Lipinski definition) is 3. The Morgan fingerprint density at radius 2 is 2.31 bits per heavy atom. The summed E-state index contributed by atoms with van der Waals surface area (Å²) in [6.07, 6.45) is 5.05. The van der Waals surface area contributed by atoms with Crippen molar-refractivity contribution in [3.63, 3.8) is 0 Å². The van der Waals surface area contributed by atoms with Crippen molar-refractivity contribution in [2.24, 2.45) is 5.41 Å². The third-order valence-corrected chi connectivity index (χ3v) is 4.42. The first-order valence-corrected chi connectivity index (χ1v) is 7.16. The summed E-state index contributed by atoms with van der Waals surface area (Å²) in [6.45, 7) is 7.84. The lowest BCUT2D eigenvalue weighted by molar-refractivity contribution is 0.352. The summed E-state index contributed by atoms with van der Waals surface area (Å²) in [5.74, 6) is 0. The zero-order valence-corrected chi connectivity index (χ0v) is 11.4. The number of aromatic nitrogens is 1. The molecule has 16 heavy (non-hydrogen) atoms. The van der Waals surface area contributed by atoms with E-state index in [4.69, 9.17) is 0 Å². The molecule has 1 saturated carbocycles. The Bertz CT molecular complexity index is 341. The van der Waals surface area contributed by atoms with Crippen LogP contribution in [0.2, 0.25) is 0 Å². The van der Waals surface area contributed by atoms with E-state index in [1.807, 2.05) is 0 Å². The molecular weight excluding hydrogens is 216 g/mol. The quantitative estimate of drug-likeness (QED) is 0.823. The van der Waals surface area contributed by atoms with E-state index in [1.54, 1.807) is 11.3 Å². The lowest BCUT2D eigenvalue weighted by Gasteiger charge is -2.24. The third kappa shape index (κ3) is 2.83. The van der Waals surface area contributed by atoms with Crippen molar-refractivity contribution in [1.29, 1.82) is 0 Å². The van der Waals surface area contributed by atoms with Crippen LogP contribution in [0.3, 0.4) is 0 Å². The van der Waals surface area contributed by atoms with Crippen molar-refractivity contribution in [3.8, 4) is 0 Å². The number of thiazole rings is 1. The molecule has 0 saturated heterocycles. The van der Waals surface area contributed by atoms with Gasteiger partial charge in [-0.05, 0) is 38.1 Å². The van der Waals surface area contributed by atoms with Gasteiger partial charge in [0.1, 0.15) is 0 Å². The summed E-state index contributed by atoms with van der Waals surface area (Å²) in [7, 11) is 0. The van der Waals surface area contributed by atoms with Crippen molar-refractivity contribution < 1.29 is 0 Å². The number of hydrogen-bond donors (Lipinski definition) is 1. The summed E-state index contributed by atoms with van der Waals surface area (Å²) in [5.41, 5.74) is 1.80. The minimum Gasteiger partial charge on any atom is -0.313 e. The largest absolute Gasteiger partial charge is 0.313 e. The molecule has 1 aliphatic carbocycles. The first kappa shape index (κ1) is 12.1. The molecule has 1 N–H and O–H groups in total. The smallest absolute Gasteiger partial charge is 0.0897 e. The van der Waals surface area contributed by atoms with E-state index in [0.29, 0.717) is 11.5 Å². The highest BCUT2D eigenvalue weighted by molar-refractivity contribution is 7.09. The summed E-state index contributed by atoms with van der Waals surface area (Å²) in [6, 6.07) is 0.619. The Hall–Kier alpha value is -0.410. The van der Waals surface area contributed by atoms with Crippen LogP contribution >= 0.6 is 11.3 Å². The van der Waals surface area contributed by atoms with Gasteiger partial charge in [-0.3, -0.25) is 0 Å². The van der Waals surface area contributed by atoms with Gasteiger partial charge in [0.15, 0.2) is 0 Å². The highest BCUT2D eigenvalue weighted by Crippen LogP contribution is 2.48. The third-order valence-electron chi connectivity index (χ3n) is 3.60. The highest BCUT2D eigenvalue weighted by Gasteiger charge is 2.44. The van der Waals surface area contributed by atoms with E-state index in [-0.39, 0.29) is 0 Å². The topological polar surface area (TPSA) is 24.9 Å². The second-order valence-electron chi connectivity index (χ2n) is 5.22. The summed E-state index contributed by atoms with van der Waals surface area (Å²) >= 11 is 1.76. The molecule has 0 aromatic carbocycles. The van der Waals surface area contributed by atoms with E-state index in [1.165, 1.54) is 30.0 Å². The van der Waals surface area contributed by atoms with Gasteiger partial charge in [0.2, 0.25) is 0 Å². The van der Waals surface area contributed by atoms with Crippen molar-refractivity contribution in [2.75, 3.05) is 6.54 Å². The predicted molar refractivity (Wildman–Crippen MR) is 70.0 cm³/mol. The summed E-state index contributed by atoms with van der Waals surface area (Å²) in [5, 5.41) is 7.09. The monoisotopic (exact) mass is 238 g/mol. The lowest BCUT2D eigenvalue weighted by Crippen LogP contribution is -2.38. The highest BCUT2D eigenvalue weighted by atomic mass is 32.1.